The van der Waals surface area contributed by atoms with E-state index in [4.69, 9.17) is 16.3 Å². The van der Waals surface area contributed by atoms with Crippen molar-refractivity contribution >= 4 is 5.91 Å². The zero-order valence-electron chi connectivity index (χ0n) is 11.5. The molecular weight excluding hydrogens is 250 g/mol. The second kappa shape index (κ2) is 10.8. The molecule has 0 radical (unpaired) electrons. The summed E-state index contributed by atoms with van der Waals surface area (Å²) in [6, 6.07) is 0. The first kappa shape index (κ1) is 17.9. The summed E-state index contributed by atoms with van der Waals surface area (Å²) in [6.45, 7) is 2.62. The maximum Gasteiger partial charge on any atom is 0.216 e. The highest BCUT2D eigenvalue weighted by Gasteiger charge is 2.27. The molecular formula is C13H23NO5. The summed E-state index contributed by atoms with van der Waals surface area (Å²) in [5.41, 5.74) is 0. The Kier molecular flexibility index (Phi) is 10.1. The Hall–Kier alpha value is -1.13. The van der Waals surface area contributed by atoms with Crippen LogP contribution >= 0.6 is 0 Å². The van der Waals surface area contributed by atoms with Crippen LogP contribution in [-0.4, -0.2) is 61.3 Å². The van der Waals surface area contributed by atoms with Crippen molar-refractivity contribution in [3.05, 3.63) is 0 Å². The van der Waals surface area contributed by atoms with Crippen molar-refractivity contribution in [2.24, 2.45) is 0 Å². The van der Waals surface area contributed by atoms with Crippen molar-refractivity contribution in [3.8, 4) is 12.3 Å². The SMILES string of the molecule is C#CCCOC.CC(=O)NCC1CC(O)C(O)CO1. The Morgan fingerprint density at radius 1 is 1.53 bits per heavy atom. The van der Waals surface area contributed by atoms with Gasteiger partial charge in [-0.15, -0.1) is 12.3 Å². The lowest BCUT2D eigenvalue weighted by atomic mass is 10.0. The minimum absolute atomic E-state index is 0.121. The molecule has 19 heavy (non-hydrogen) atoms. The predicted octanol–water partition coefficient (Wildman–Crippen LogP) is -0.711. The van der Waals surface area contributed by atoms with Crippen LogP contribution in [0.4, 0.5) is 0 Å². The van der Waals surface area contributed by atoms with Gasteiger partial charge in [0.2, 0.25) is 5.91 Å². The van der Waals surface area contributed by atoms with Crippen LogP contribution < -0.4 is 5.32 Å². The molecule has 1 fully saturated rings. The van der Waals surface area contributed by atoms with Crippen LogP contribution in [0.25, 0.3) is 0 Å². The molecule has 1 rings (SSSR count). The largest absolute Gasteiger partial charge is 0.390 e. The molecule has 0 spiro atoms. The maximum absolute atomic E-state index is 10.6. The molecule has 6 nitrogen and oxygen atoms in total. The molecule has 6 heteroatoms. The van der Waals surface area contributed by atoms with Crippen LogP contribution in [0.3, 0.4) is 0 Å². The smallest absolute Gasteiger partial charge is 0.216 e. The molecule has 0 saturated carbocycles. The van der Waals surface area contributed by atoms with Gasteiger partial charge in [-0.1, -0.05) is 0 Å². The van der Waals surface area contributed by atoms with E-state index in [9.17, 15) is 9.90 Å². The zero-order chi connectivity index (χ0) is 14.7. The topological polar surface area (TPSA) is 88.0 Å². The Morgan fingerprint density at radius 3 is 2.63 bits per heavy atom. The van der Waals surface area contributed by atoms with Crippen LogP contribution in [-0.2, 0) is 14.3 Å². The second-order valence-corrected chi connectivity index (χ2v) is 4.21. The molecule has 3 atom stereocenters. The number of aliphatic hydroxyl groups is 2. The van der Waals surface area contributed by atoms with Crippen LogP contribution in [0, 0.1) is 12.3 Å². The number of carbonyl (C=O) groups excluding carboxylic acids is 1. The Balaban J connectivity index is 0.000000459. The number of rotatable bonds is 4. The highest BCUT2D eigenvalue weighted by atomic mass is 16.5. The number of terminal acetylenes is 1. The quantitative estimate of drug-likeness (QED) is 0.465. The van der Waals surface area contributed by atoms with E-state index in [-0.39, 0.29) is 18.6 Å². The molecule has 1 heterocycles. The van der Waals surface area contributed by atoms with Crippen molar-refractivity contribution in [3.63, 3.8) is 0 Å². The number of aliphatic hydroxyl groups excluding tert-OH is 2. The van der Waals surface area contributed by atoms with Gasteiger partial charge >= 0.3 is 0 Å². The van der Waals surface area contributed by atoms with E-state index < -0.39 is 12.2 Å². The van der Waals surface area contributed by atoms with Gasteiger partial charge in [-0.05, 0) is 0 Å². The van der Waals surface area contributed by atoms with Crippen LogP contribution in [0.1, 0.15) is 19.8 Å². The highest BCUT2D eigenvalue weighted by Crippen LogP contribution is 2.13. The number of carbonyl (C=O) groups is 1. The van der Waals surface area contributed by atoms with Crippen LogP contribution in [0.2, 0.25) is 0 Å². The fourth-order valence-electron chi connectivity index (χ4n) is 1.40. The first-order valence-electron chi connectivity index (χ1n) is 6.15. The summed E-state index contributed by atoms with van der Waals surface area (Å²) in [5.74, 6) is 2.32. The molecule has 0 aliphatic carbocycles. The van der Waals surface area contributed by atoms with Crippen molar-refractivity contribution in [2.75, 3.05) is 26.9 Å². The van der Waals surface area contributed by atoms with Crippen molar-refractivity contribution in [1.82, 2.24) is 5.32 Å². The lowest BCUT2D eigenvalue weighted by Crippen LogP contribution is -2.45. The average molecular weight is 273 g/mol. The van der Waals surface area contributed by atoms with Gasteiger partial charge in [0.1, 0.15) is 6.10 Å². The predicted molar refractivity (Wildman–Crippen MR) is 70.4 cm³/mol. The van der Waals surface area contributed by atoms with E-state index in [1.54, 1.807) is 7.11 Å². The highest BCUT2D eigenvalue weighted by molar-refractivity contribution is 5.72. The summed E-state index contributed by atoms with van der Waals surface area (Å²) in [6.07, 6.45) is 4.23. The molecule has 0 aromatic rings. The number of nitrogens with one attached hydrogen (secondary N) is 1. The van der Waals surface area contributed by atoms with Gasteiger partial charge in [-0.25, -0.2) is 0 Å². The van der Waals surface area contributed by atoms with Gasteiger partial charge in [-0.3, -0.25) is 4.79 Å². The van der Waals surface area contributed by atoms with Gasteiger partial charge in [0.05, 0.1) is 25.4 Å². The Labute approximate surface area is 114 Å². The minimum Gasteiger partial charge on any atom is -0.390 e. The fourth-order valence-corrected chi connectivity index (χ4v) is 1.40. The number of ether oxygens (including phenoxy) is 2. The first-order chi connectivity index (χ1) is 9.01. The monoisotopic (exact) mass is 273 g/mol. The Bertz CT molecular complexity index is 289. The molecule has 0 aromatic heterocycles. The van der Waals surface area contributed by atoms with Gasteiger partial charge in [0, 0.05) is 33.4 Å². The number of methoxy groups -OCH3 is 1. The molecule has 0 bridgehead atoms. The third-order valence-electron chi connectivity index (χ3n) is 2.48. The third-order valence-corrected chi connectivity index (χ3v) is 2.48. The van der Waals surface area contributed by atoms with Crippen molar-refractivity contribution < 1.29 is 24.5 Å². The van der Waals surface area contributed by atoms with Crippen molar-refractivity contribution in [1.29, 1.82) is 0 Å². The number of hydrogen-bond donors (Lipinski definition) is 3. The zero-order valence-corrected chi connectivity index (χ0v) is 11.5. The first-order valence-corrected chi connectivity index (χ1v) is 6.15. The van der Waals surface area contributed by atoms with E-state index in [1.807, 2.05) is 0 Å². The van der Waals surface area contributed by atoms with Gasteiger partial charge in [-0.2, -0.15) is 0 Å². The molecule has 1 amide bonds. The molecule has 0 aromatic carbocycles. The summed E-state index contributed by atoms with van der Waals surface area (Å²) in [4.78, 5) is 10.6. The van der Waals surface area contributed by atoms with Crippen LogP contribution in [0.5, 0.6) is 0 Å². The van der Waals surface area contributed by atoms with Gasteiger partial charge in [0.25, 0.3) is 0 Å². The van der Waals surface area contributed by atoms with Crippen molar-refractivity contribution in [2.45, 2.75) is 38.1 Å². The molecule has 110 valence electrons. The molecule has 1 aliphatic rings. The van der Waals surface area contributed by atoms with E-state index in [0.717, 1.165) is 6.42 Å². The maximum atomic E-state index is 10.6. The summed E-state index contributed by atoms with van der Waals surface area (Å²) in [5, 5.41) is 21.0. The average Bonchev–Trinajstić information content (AvgIpc) is 2.38. The molecule has 3 N–H and O–H groups in total. The summed E-state index contributed by atoms with van der Waals surface area (Å²) < 4.78 is 9.83. The molecule has 3 unspecified atom stereocenters. The van der Waals surface area contributed by atoms with Gasteiger partial charge in [0.15, 0.2) is 0 Å². The lowest BCUT2D eigenvalue weighted by molar-refractivity contribution is -0.127. The van der Waals surface area contributed by atoms with E-state index in [2.05, 4.69) is 16.0 Å². The van der Waals surface area contributed by atoms with E-state index >= 15 is 0 Å². The third kappa shape index (κ3) is 9.45. The fraction of sp³-hybridized carbons (Fsp3) is 0.769. The minimum atomic E-state index is -0.798. The van der Waals surface area contributed by atoms with E-state index in [1.165, 1.54) is 6.92 Å². The molecule has 1 aliphatic heterocycles. The lowest BCUT2D eigenvalue weighted by Gasteiger charge is -2.30. The van der Waals surface area contributed by atoms with Gasteiger partial charge < -0.3 is 25.0 Å². The number of amides is 1. The standard InChI is InChI=1S/C8H15NO4.C5H8O/c1-5(10)9-3-6-2-7(11)8(12)4-13-6;1-3-4-5-6-2/h6-8,11-12H,2-4H2,1H3,(H,9,10);1H,4-5H2,2H3. The van der Waals surface area contributed by atoms with E-state index in [0.29, 0.717) is 19.6 Å². The normalized spacial score (nSPS) is 25.7. The Morgan fingerprint density at radius 2 is 2.21 bits per heavy atom. The summed E-state index contributed by atoms with van der Waals surface area (Å²) in [7, 11) is 1.64. The van der Waals surface area contributed by atoms with Crippen LogP contribution in [0.15, 0.2) is 0 Å². The summed E-state index contributed by atoms with van der Waals surface area (Å²) >= 11 is 0. The number of hydrogen-bond acceptors (Lipinski definition) is 5. The molecule has 1 saturated heterocycles. The second-order valence-electron chi connectivity index (χ2n) is 4.21.